The zero-order valence-corrected chi connectivity index (χ0v) is 12.6. The monoisotopic (exact) mass is 283 g/mol. The van der Waals surface area contributed by atoms with Crippen LogP contribution in [0.15, 0.2) is 6.20 Å². The molecule has 0 aromatic carbocycles. The Morgan fingerprint density at radius 1 is 1.58 bits per heavy atom. The minimum absolute atomic E-state index is 0.309. The van der Waals surface area contributed by atoms with Crippen LogP contribution in [-0.4, -0.2) is 56.7 Å². The van der Waals surface area contributed by atoms with Gasteiger partial charge in [0.25, 0.3) is 0 Å². The molecule has 6 heteroatoms. The number of hydrogen-bond donors (Lipinski definition) is 0. The summed E-state index contributed by atoms with van der Waals surface area (Å²) in [5, 5.41) is 0.888. The van der Waals surface area contributed by atoms with Crippen molar-refractivity contribution in [2.24, 2.45) is 5.92 Å². The van der Waals surface area contributed by atoms with Gasteiger partial charge in [0.1, 0.15) is 4.88 Å². The van der Waals surface area contributed by atoms with E-state index in [0.717, 1.165) is 11.7 Å². The zero-order chi connectivity index (χ0) is 13.8. The van der Waals surface area contributed by atoms with Crippen LogP contribution in [0.25, 0.3) is 0 Å². The fourth-order valence-electron chi connectivity index (χ4n) is 2.35. The van der Waals surface area contributed by atoms with E-state index >= 15 is 0 Å². The molecule has 19 heavy (non-hydrogen) atoms. The fraction of sp³-hybridized carbons (Fsp3) is 0.692. The summed E-state index contributed by atoms with van der Waals surface area (Å²) in [4.78, 5) is 20.8. The lowest BCUT2D eigenvalue weighted by atomic mass is 9.97. The number of rotatable bonds is 4. The molecular weight excluding hydrogens is 262 g/mol. The van der Waals surface area contributed by atoms with Crippen LogP contribution in [0.5, 0.6) is 0 Å². The van der Waals surface area contributed by atoms with Crippen molar-refractivity contribution in [1.29, 1.82) is 0 Å². The molecule has 2 heterocycles. The first-order valence-corrected chi connectivity index (χ1v) is 7.35. The Morgan fingerprint density at radius 3 is 2.89 bits per heavy atom. The van der Waals surface area contributed by atoms with Gasteiger partial charge in [0.15, 0.2) is 5.13 Å². The van der Waals surface area contributed by atoms with Gasteiger partial charge >= 0.3 is 5.97 Å². The van der Waals surface area contributed by atoms with Crippen molar-refractivity contribution in [3.63, 3.8) is 0 Å². The normalized spacial score (nSPS) is 17.4. The van der Waals surface area contributed by atoms with Gasteiger partial charge in [0, 0.05) is 13.6 Å². The number of methoxy groups -OCH3 is 1. The van der Waals surface area contributed by atoms with Crippen molar-refractivity contribution in [3.8, 4) is 0 Å². The number of nitrogens with zero attached hydrogens (tertiary/aromatic N) is 3. The largest absolute Gasteiger partial charge is 0.465 e. The summed E-state index contributed by atoms with van der Waals surface area (Å²) in [5.74, 6) is 0.406. The number of anilines is 1. The van der Waals surface area contributed by atoms with Gasteiger partial charge in [-0.3, -0.25) is 0 Å². The summed E-state index contributed by atoms with van der Waals surface area (Å²) < 4.78 is 4.70. The molecule has 1 aromatic heterocycles. The lowest BCUT2D eigenvalue weighted by molar-refractivity contribution is 0.0606. The van der Waals surface area contributed by atoms with E-state index in [1.807, 2.05) is 7.05 Å². The third kappa shape index (κ3) is 3.67. The van der Waals surface area contributed by atoms with Crippen molar-refractivity contribution >= 4 is 22.4 Å². The van der Waals surface area contributed by atoms with Gasteiger partial charge < -0.3 is 14.5 Å². The SMILES string of the molecule is COC(=O)c1cnc(N(C)CC2CCN(C)CC2)s1. The van der Waals surface area contributed by atoms with E-state index in [9.17, 15) is 4.79 Å². The second-order valence-corrected chi connectivity index (χ2v) is 6.13. The highest BCUT2D eigenvalue weighted by Gasteiger charge is 2.20. The van der Waals surface area contributed by atoms with Crippen molar-refractivity contribution in [2.75, 3.05) is 45.7 Å². The highest BCUT2D eigenvalue weighted by atomic mass is 32.1. The smallest absolute Gasteiger partial charge is 0.349 e. The van der Waals surface area contributed by atoms with Crippen LogP contribution in [0.4, 0.5) is 5.13 Å². The average molecular weight is 283 g/mol. The zero-order valence-electron chi connectivity index (χ0n) is 11.8. The minimum Gasteiger partial charge on any atom is -0.465 e. The topological polar surface area (TPSA) is 45.7 Å². The molecule has 1 aromatic rings. The number of carbonyl (C=O) groups is 1. The maximum absolute atomic E-state index is 11.4. The molecule has 1 fully saturated rings. The van der Waals surface area contributed by atoms with Crippen LogP contribution in [0.3, 0.4) is 0 Å². The summed E-state index contributed by atoms with van der Waals surface area (Å²) in [5.41, 5.74) is 0. The maximum Gasteiger partial charge on any atom is 0.349 e. The molecular formula is C13H21N3O2S. The van der Waals surface area contributed by atoms with Gasteiger partial charge in [0.2, 0.25) is 0 Å². The first-order valence-electron chi connectivity index (χ1n) is 6.54. The second kappa shape index (κ2) is 6.34. The number of carbonyl (C=O) groups excluding carboxylic acids is 1. The van der Waals surface area contributed by atoms with Crippen LogP contribution >= 0.6 is 11.3 Å². The predicted octanol–water partition coefficient (Wildman–Crippen LogP) is 1.71. The molecule has 0 aliphatic carbocycles. The van der Waals surface area contributed by atoms with E-state index in [0.29, 0.717) is 10.8 Å². The van der Waals surface area contributed by atoms with E-state index in [-0.39, 0.29) is 5.97 Å². The van der Waals surface area contributed by atoms with E-state index in [4.69, 9.17) is 4.74 Å². The molecule has 1 saturated heterocycles. The Bertz CT molecular complexity index is 427. The summed E-state index contributed by atoms with van der Waals surface area (Å²) in [6.45, 7) is 3.34. The van der Waals surface area contributed by atoms with Crippen LogP contribution < -0.4 is 4.90 Å². The first-order chi connectivity index (χ1) is 9.10. The first kappa shape index (κ1) is 14.3. The number of ether oxygens (including phenoxy) is 1. The van der Waals surface area contributed by atoms with Crippen LogP contribution in [0.1, 0.15) is 22.5 Å². The molecule has 5 nitrogen and oxygen atoms in total. The molecule has 0 unspecified atom stereocenters. The van der Waals surface area contributed by atoms with Gasteiger partial charge in [-0.15, -0.1) is 0 Å². The lowest BCUT2D eigenvalue weighted by Gasteiger charge is -2.31. The third-order valence-corrected chi connectivity index (χ3v) is 4.67. The Morgan fingerprint density at radius 2 is 2.26 bits per heavy atom. The Labute approximate surface area is 118 Å². The summed E-state index contributed by atoms with van der Waals surface area (Å²) >= 11 is 1.39. The third-order valence-electron chi connectivity index (χ3n) is 3.58. The molecule has 2 rings (SSSR count). The summed E-state index contributed by atoms with van der Waals surface area (Å²) in [6, 6.07) is 0. The lowest BCUT2D eigenvalue weighted by Crippen LogP contribution is -2.35. The standard InChI is InChI=1S/C13H21N3O2S/c1-15-6-4-10(5-7-15)9-16(2)13-14-8-11(19-13)12(17)18-3/h8,10H,4-7,9H2,1-3H3. The Kier molecular flexibility index (Phi) is 4.76. The molecule has 106 valence electrons. The van der Waals surface area contributed by atoms with Gasteiger partial charge in [0.05, 0.1) is 13.3 Å². The van der Waals surface area contributed by atoms with Crippen LogP contribution in [0.2, 0.25) is 0 Å². The van der Waals surface area contributed by atoms with Gasteiger partial charge in [-0.2, -0.15) is 0 Å². The number of esters is 1. The maximum atomic E-state index is 11.4. The molecule has 0 atom stereocenters. The number of aromatic nitrogens is 1. The van der Waals surface area contributed by atoms with Gasteiger partial charge in [-0.25, -0.2) is 9.78 Å². The minimum atomic E-state index is -0.309. The van der Waals surface area contributed by atoms with Gasteiger partial charge in [-0.05, 0) is 38.9 Å². The summed E-state index contributed by atoms with van der Waals surface area (Å²) in [6.07, 6.45) is 4.06. The predicted molar refractivity (Wildman–Crippen MR) is 76.9 cm³/mol. The van der Waals surface area contributed by atoms with E-state index < -0.39 is 0 Å². The van der Waals surface area contributed by atoms with E-state index in [1.54, 1.807) is 6.20 Å². The van der Waals surface area contributed by atoms with Crippen molar-refractivity contribution in [3.05, 3.63) is 11.1 Å². The molecule has 0 bridgehead atoms. The highest BCUT2D eigenvalue weighted by Crippen LogP contribution is 2.25. The number of likely N-dealkylation sites (tertiary alicyclic amines) is 1. The van der Waals surface area contributed by atoms with Crippen LogP contribution in [-0.2, 0) is 4.74 Å². The highest BCUT2D eigenvalue weighted by molar-refractivity contribution is 7.17. The van der Waals surface area contributed by atoms with Crippen molar-refractivity contribution in [1.82, 2.24) is 9.88 Å². The quantitative estimate of drug-likeness (QED) is 0.787. The molecule has 0 spiro atoms. The van der Waals surface area contributed by atoms with Crippen LogP contribution in [0, 0.1) is 5.92 Å². The van der Waals surface area contributed by atoms with E-state index in [1.165, 1.54) is 44.4 Å². The van der Waals surface area contributed by atoms with Crippen molar-refractivity contribution in [2.45, 2.75) is 12.8 Å². The molecule has 1 aliphatic heterocycles. The number of thiazole rings is 1. The van der Waals surface area contributed by atoms with E-state index in [2.05, 4.69) is 21.8 Å². The molecule has 0 radical (unpaired) electrons. The molecule has 0 amide bonds. The molecule has 0 N–H and O–H groups in total. The number of piperidine rings is 1. The van der Waals surface area contributed by atoms with Crippen molar-refractivity contribution < 1.29 is 9.53 Å². The summed E-state index contributed by atoms with van der Waals surface area (Å²) in [7, 11) is 5.60. The fourth-order valence-corrected chi connectivity index (χ4v) is 3.15. The average Bonchev–Trinajstić information content (AvgIpc) is 2.90. The molecule has 0 saturated carbocycles. The number of hydrogen-bond acceptors (Lipinski definition) is 6. The second-order valence-electron chi connectivity index (χ2n) is 5.13. The van der Waals surface area contributed by atoms with Gasteiger partial charge in [-0.1, -0.05) is 11.3 Å². The Hall–Kier alpha value is -1.14. The Balaban J connectivity index is 1.90. The molecule has 1 aliphatic rings.